The lowest BCUT2D eigenvalue weighted by Gasteiger charge is -2.36. The summed E-state index contributed by atoms with van der Waals surface area (Å²) in [7, 11) is 0. The third-order valence-corrected chi connectivity index (χ3v) is 6.29. The van der Waals surface area contributed by atoms with Gasteiger partial charge in [0, 0.05) is 57.1 Å². The summed E-state index contributed by atoms with van der Waals surface area (Å²) in [6.45, 7) is 9.84. The highest BCUT2D eigenvalue weighted by molar-refractivity contribution is 6.02. The SMILES string of the molecule is CCCC(C(=O)NC=O)N1Cc2cc(N3CCN(CCOCCOCCN)CC3)ccc2C1=O. The Kier molecular flexibility index (Phi) is 10.3. The van der Waals surface area contributed by atoms with Gasteiger partial charge in [-0.3, -0.25) is 24.6 Å². The van der Waals surface area contributed by atoms with Crippen LogP contribution >= 0.6 is 0 Å². The van der Waals surface area contributed by atoms with Crippen molar-refractivity contribution in [3.8, 4) is 0 Å². The van der Waals surface area contributed by atoms with E-state index in [9.17, 15) is 14.4 Å². The van der Waals surface area contributed by atoms with Crippen molar-refractivity contribution in [3.63, 3.8) is 0 Å². The Balaban J connectivity index is 1.50. The van der Waals surface area contributed by atoms with Gasteiger partial charge in [0.1, 0.15) is 6.04 Å². The Hall–Kier alpha value is -2.53. The fourth-order valence-electron chi connectivity index (χ4n) is 4.46. The molecule has 1 aromatic rings. The van der Waals surface area contributed by atoms with Crippen molar-refractivity contribution < 1.29 is 23.9 Å². The van der Waals surface area contributed by atoms with Crippen LogP contribution in [-0.2, 0) is 25.6 Å². The fraction of sp³-hybridized carbons (Fsp3) is 0.625. The van der Waals surface area contributed by atoms with Crippen LogP contribution in [0.3, 0.4) is 0 Å². The Morgan fingerprint density at radius 3 is 2.56 bits per heavy atom. The maximum absolute atomic E-state index is 13.0. The van der Waals surface area contributed by atoms with E-state index in [-0.39, 0.29) is 5.91 Å². The summed E-state index contributed by atoms with van der Waals surface area (Å²) in [6, 6.07) is 5.27. The molecule has 0 radical (unpaired) electrons. The lowest BCUT2D eigenvalue weighted by molar-refractivity contribution is -0.129. The molecule has 1 atom stereocenters. The zero-order valence-corrected chi connectivity index (χ0v) is 20.0. The van der Waals surface area contributed by atoms with Crippen LogP contribution in [0, 0.1) is 0 Å². The number of amides is 3. The number of ether oxygens (including phenoxy) is 2. The van der Waals surface area contributed by atoms with Crippen molar-refractivity contribution in [2.45, 2.75) is 32.4 Å². The number of carbonyl (C=O) groups is 3. The van der Waals surface area contributed by atoms with Crippen LogP contribution in [0.4, 0.5) is 5.69 Å². The van der Waals surface area contributed by atoms with Crippen LogP contribution in [0.15, 0.2) is 18.2 Å². The predicted octanol–water partition coefficient (Wildman–Crippen LogP) is 0.198. The monoisotopic (exact) mass is 475 g/mol. The molecule has 0 aliphatic carbocycles. The quantitative estimate of drug-likeness (QED) is 0.289. The van der Waals surface area contributed by atoms with Gasteiger partial charge in [0.25, 0.3) is 5.91 Å². The number of carbonyl (C=O) groups excluding carboxylic acids is 3. The van der Waals surface area contributed by atoms with Gasteiger partial charge < -0.3 is 25.0 Å². The lowest BCUT2D eigenvalue weighted by Crippen LogP contribution is -2.47. The fourth-order valence-corrected chi connectivity index (χ4v) is 4.46. The van der Waals surface area contributed by atoms with Crippen LogP contribution in [0.5, 0.6) is 0 Å². The second-order valence-electron chi connectivity index (χ2n) is 8.55. The molecule has 0 bridgehead atoms. The topological polar surface area (TPSA) is 117 Å². The first-order valence-corrected chi connectivity index (χ1v) is 12.1. The number of imide groups is 1. The summed E-state index contributed by atoms with van der Waals surface area (Å²) in [5.74, 6) is -0.583. The predicted molar refractivity (Wildman–Crippen MR) is 129 cm³/mol. The Bertz CT molecular complexity index is 828. The van der Waals surface area contributed by atoms with Gasteiger partial charge in [0.15, 0.2) is 0 Å². The van der Waals surface area contributed by atoms with E-state index in [1.165, 1.54) is 0 Å². The van der Waals surface area contributed by atoms with Crippen LogP contribution in [0.2, 0.25) is 0 Å². The number of nitrogens with two attached hydrogens (primary N) is 1. The Morgan fingerprint density at radius 1 is 1.15 bits per heavy atom. The normalized spacial score (nSPS) is 17.1. The van der Waals surface area contributed by atoms with E-state index in [0.29, 0.717) is 57.9 Å². The minimum atomic E-state index is -0.642. The number of rotatable bonds is 14. The molecule has 2 aliphatic heterocycles. The van der Waals surface area contributed by atoms with E-state index in [1.807, 2.05) is 19.1 Å². The number of benzene rings is 1. The van der Waals surface area contributed by atoms with E-state index in [2.05, 4.69) is 21.2 Å². The van der Waals surface area contributed by atoms with Crippen LogP contribution < -0.4 is 16.0 Å². The molecule has 3 N–H and O–H groups in total. The van der Waals surface area contributed by atoms with Crippen molar-refractivity contribution in [3.05, 3.63) is 29.3 Å². The van der Waals surface area contributed by atoms with E-state index in [0.717, 1.165) is 50.4 Å². The van der Waals surface area contributed by atoms with E-state index < -0.39 is 11.9 Å². The molecule has 2 heterocycles. The first-order valence-electron chi connectivity index (χ1n) is 12.1. The van der Waals surface area contributed by atoms with Gasteiger partial charge in [-0.2, -0.15) is 0 Å². The summed E-state index contributed by atoms with van der Waals surface area (Å²) in [5.41, 5.74) is 8.03. The number of fused-ring (bicyclic) bond motifs is 1. The van der Waals surface area contributed by atoms with E-state index in [4.69, 9.17) is 15.2 Å². The molecule has 34 heavy (non-hydrogen) atoms. The summed E-state index contributed by atoms with van der Waals surface area (Å²) in [6.07, 6.45) is 1.62. The molecular formula is C24H37N5O5. The molecule has 188 valence electrons. The molecule has 10 heteroatoms. The first-order chi connectivity index (χ1) is 16.6. The Labute approximate surface area is 201 Å². The standard InChI is InChI=1S/C24H37N5O5/c1-2-3-22(23(31)26-18-30)29-17-19-16-20(4-5-21(19)24(29)32)28-9-7-27(8-10-28)11-13-34-15-14-33-12-6-25/h4-5,16,18,22H,2-3,6-15,17,25H2,1H3,(H,26,30,31). The molecule has 1 aromatic carbocycles. The third kappa shape index (κ3) is 6.75. The smallest absolute Gasteiger partial charge is 0.255 e. The minimum absolute atomic E-state index is 0.153. The molecule has 1 unspecified atom stereocenters. The van der Waals surface area contributed by atoms with Crippen molar-refractivity contribution in [2.24, 2.45) is 5.73 Å². The van der Waals surface area contributed by atoms with Gasteiger partial charge in [0.05, 0.1) is 26.4 Å². The van der Waals surface area contributed by atoms with Crippen molar-refractivity contribution in [1.82, 2.24) is 15.1 Å². The van der Waals surface area contributed by atoms with E-state index >= 15 is 0 Å². The number of piperazine rings is 1. The summed E-state index contributed by atoms with van der Waals surface area (Å²) < 4.78 is 10.9. The van der Waals surface area contributed by atoms with Crippen molar-refractivity contribution >= 4 is 23.9 Å². The van der Waals surface area contributed by atoms with Gasteiger partial charge >= 0.3 is 0 Å². The zero-order chi connectivity index (χ0) is 24.3. The van der Waals surface area contributed by atoms with Crippen molar-refractivity contribution in [2.75, 3.05) is 70.6 Å². The number of anilines is 1. The number of hydrogen-bond donors (Lipinski definition) is 2. The van der Waals surface area contributed by atoms with Gasteiger partial charge in [-0.1, -0.05) is 13.3 Å². The molecule has 1 fully saturated rings. The molecule has 0 spiro atoms. The highest BCUT2D eigenvalue weighted by Gasteiger charge is 2.36. The summed E-state index contributed by atoms with van der Waals surface area (Å²) >= 11 is 0. The second kappa shape index (κ2) is 13.4. The molecule has 0 saturated carbocycles. The molecule has 3 amide bonds. The Morgan fingerprint density at radius 2 is 1.88 bits per heavy atom. The number of hydrogen-bond acceptors (Lipinski definition) is 8. The van der Waals surface area contributed by atoms with Gasteiger partial charge in [-0.15, -0.1) is 0 Å². The second-order valence-corrected chi connectivity index (χ2v) is 8.55. The third-order valence-electron chi connectivity index (χ3n) is 6.29. The van der Waals surface area contributed by atoms with Crippen LogP contribution in [0.1, 0.15) is 35.7 Å². The molecule has 2 aliphatic rings. The maximum Gasteiger partial charge on any atom is 0.255 e. The van der Waals surface area contributed by atoms with Gasteiger partial charge in [-0.25, -0.2) is 0 Å². The molecule has 1 saturated heterocycles. The van der Waals surface area contributed by atoms with Gasteiger partial charge in [0.2, 0.25) is 12.3 Å². The number of nitrogens with zero attached hydrogens (tertiary/aromatic N) is 3. The summed E-state index contributed by atoms with van der Waals surface area (Å²) in [4.78, 5) is 42.3. The number of nitrogens with one attached hydrogen (secondary N) is 1. The molecule has 3 rings (SSSR count). The average Bonchev–Trinajstić information content (AvgIpc) is 3.17. The van der Waals surface area contributed by atoms with Gasteiger partial charge in [-0.05, 0) is 30.2 Å². The highest BCUT2D eigenvalue weighted by atomic mass is 16.5. The average molecular weight is 476 g/mol. The first kappa shape index (κ1) is 26.1. The largest absolute Gasteiger partial charge is 0.378 e. The molecule has 10 nitrogen and oxygen atoms in total. The minimum Gasteiger partial charge on any atom is -0.378 e. The highest BCUT2D eigenvalue weighted by Crippen LogP contribution is 2.30. The molecule has 0 aromatic heterocycles. The summed E-state index contributed by atoms with van der Waals surface area (Å²) in [5, 5.41) is 2.21. The van der Waals surface area contributed by atoms with E-state index in [1.54, 1.807) is 4.90 Å². The lowest BCUT2D eigenvalue weighted by atomic mass is 10.1. The van der Waals surface area contributed by atoms with Crippen molar-refractivity contribution in [1.29, 1.82) is 0 Å². The zero-order valence-electron chi connectivity index (χ0n) is 20.0. The maximum atomic E-state index is 13.0. The molecular weight excluding hydrogens is 438 g/mol. The van der Waals surface area contributed by atoms with Crippen LogP contribution in [0.25, 0.3) is 0 Å². The van der Waals surface area contributed by atoms with Crippen LogP contribution in [-0.4, -0.2) is 99.8 Å².